The molecular weight excluding hydrogens is 378 g/mol. The number of anilines is 1. The average molecular weight is 397 g/mol. The van der Waals surface area contributed by atoms with Gasteiger partial charge in [0.2, 0.25) is 15.9 Å². The Hall–Kier alpha value is -3.10. The Labute approximate surface area is 163 Å². The SMILES string of the molecule is CC(=O)c1ccc(NC(=O)CN(C)S(=O)(=O)c2cccc3cnccc23)cc1. The smallest absolute Gasteiger partial charge is 0.243 e. The first-order valence-electron chi connectivity index (χ1n) is 8.49. The number of pyridine rings is 1. The Bertz CT molecular complexity index is 1140. The molecule has 3 rings (SSSR count). The van der Waals surface area contributed by atoms with Gasteiger partial charge in [0.25, 0.3) is 0 Å². The number of likely N-dealkylation sites (N-methyl/N-ethyl adjacent to an activating group) is 1. The highest BCUT2D eigenvalue weighted by Gasteiger charge is 2.25. The van der Waals surface area contributed by atoms with Crippen LogP contribution in [-0.4, -0.2) is 43.0 Å². The van der Waals surface area contributed by atoms with Gasteiger partial charge in [-0.2, -0.15) is 4.31 Å². The number of nitrogens with one attached hydrogen (secondary N) is 1. The second kappa shape index (κ2) is 7.87. The molecule has 1 aromatic heterocycles. The molecule has 1 heterocycles. The van der Waals surface area contributed by atoms with Gasteiger partial charge in [0.1, 0.15) is 0 Å². The molecule has 144 valence electrons. The third-order valence-corrected chi connectivity index (χ3v) is 6.13. The summed E-state index contributed by atoms with van der Waals surface area (Å²) in [5.74, 6) is -0.558. The quantitative estimate of drug-likeness (QED) is 0.645. The molecule has 0 fully saturated rings. The molecule has 1 amide bonds. The fourth-order valence-corrected chi connectivity index (χ4v) is 4.10. The van der Waals surface area contributed by atoms with Gasteiger partial charge in [-0.15, -0.1) is 0 Å². The number of sulfonamides is 1. The highest BCUT2D eigenvalue weighted by atomic mass is 32.2. The van der Waals surface area contributed by atoms with Crippen LogP contribution in [0.15, 0.2) is 65.8 Å². The van der Waals surface area contributed by atoms with Crippen LogP contribution in [0.2, 0.25) is 0 Å². The maximum Gasteiger partial charge on any atom is 0.243 e. The topological polar surface area (TPSA) is 96.4 Å². The van der Waals surface area contributed by atoms with Gasteiger partial charge in [-0.25, -0.2) is 8.42 Å². The Balaban J connectivity index is 1.76. The van der Waals surface area contributed by atoms with Crippen LogP contribution in [-0.2, 0) is 14.8 Å². The average Bonchev–Trinajstić information content (AvgIpc) is 2.67. The molecule has 0 aliphatic carbocycles. The van der Waals surface area contributed by atoms with Crippen molar-refractivity contribution in [1.82, 2.24) is 9.29 Å². The van der Waals surface area contributed by atoms with Crippen molar-refractivity contribution in [3.63, 3.8) is 0 Å². The first-order valence-corrected chi connectivity index (χ1v) is 9.93. The first-order chi connectivity index (χ1) is 13.3. The van der Waals surface area contributed by atoms with E-state index < -0.39 is 15.9 Å². The van der Waals surface area contributed by atoms with Gasteiger partial charge in [0, 0.05) is 41.5 Å². The van der Waals surface area contributed by atoms with E-state index in [9.17, 15) is 18.0 Å². The number of nitrogens with zero attached hydrogens (tertiary/aromatic N) is 2. The van der Waals surface area contributed by atoms with Crippen molar-refractivity contribution in [2.24, 2.45) is 0 Å². The van der Waals surface area contributed by atoms with Crippen molar-refractivity contribution in [2.45, 2.75) is 11.8 Å². The minimum absolute atomic E-state index is 0.0750. The fraction of sp³-hybridized carbons (Fsp3) is 0.150. The molecule has 0 spiro atoms. The summed E-state index contributed by atoms with van der Waals surface area (Å²) < 4.78 is 26.9. The number of amides is 1. The largest absolute Gasteiger partial charge is 0.325 e. The highest BCUT2D eigenvalue weighted by molar-refractivity contribution is 7.89. The summed E-state index contributed by atoms with van der Waals surface area (Å²) in [6, 6.07) is 13.0. The highest BCUT2D eigenvalue weighted by Crippen LogP contribution is 2.24. The molecule has 0 saturated carbocycles. The van der Waals surface area contributed by atoms with Crippen molar-refractivity contribution in [3.8, 4) is 0 Å². The second-order valence-corrected chi connectivity index (χ2v) is 8.31. The number of carbonyl (C=O) groups excluding carboxylic acids is 2. The maximum absolute atomic E-state index is 12.9. The van der Waals surface area contributed by atoms with Gasteiger partial charge in [0.15, 0.2) is 5.78 Å². The van der Waals surface area contributed by atoms with Crippen molar-refractivity contribution < 1.29 is 18.0 Å². The molecule has 7 nitrogen and oxygen atoms in total. The molecule has 2 aromatic carbocycles. The third kappa shape index (κ3) is 4.08. The predicted molar refractivity (Wildman–Crippen MR) is 107 cm³/mol. The zero-order chi connectivity index (χ0) is 20.3. The second-order valence-electron chi connectivity index (χ2n) is 6.30. The summed E-state index contributed by atoms with van der Waals surface area (Å²) in [4.78, 5) is 27.7. The van der Waals surface area contributed by atoms with Crippen LogP contribution in [0, 0.1) is 0 Å². The Kier molecular flexibility index (Phi) is 5.53. The van der Waals surface area contributed by atoms with Gasteiger partial charge in [-0.3, -0.25) is 14.6 Å². The Morgan fingerprint density at radius 3 is 2.46 bits per heavy atom. The van der Waals surface area contributed by atoms with Crippen molar-refractivity contribution in [3.05, 3.63) is 66.5 Å². The summed E-state index contributed by atoms with van der Waals surface area (Å²) in [5, 5.41) is 3.88. The number of aromatic nitrogens is 1. The first kappa shape index (κ1) is 19.7. The number of Topliss-reactive ketones (excluding diaryl/α,β-unsaturated/α-hetero) is 1. The van der Waals surface area contributed by atoms with Crippen LogP contribution in [0.3, 0.4) is 0 Å². The Morgan fingerprint density at radius 1 is 1.07 bits per heavy atom. The van der Waals surface area contributed by atoms with Crippen LogP contribution in [0.25, 0.3) is 10.8 Å². The minimum atomic E-state index is -3.87. The normalized spacial score (nSPS) is 11.5. The molecule has 0 saturated heterocycles. The molecule has 0 atom stereocenters. The molecule has 8 heteroatoms. The summed E-state index contributed by atoms with van der Waals surface area (Å²) in [7, 11) is -2.52. The van der Waals surface area contributed by atoms with Crippen LogP contribution < -0.4 is 5.32 Å². The lowest BCUT2D eigenvalue weighted by Crippen LogP contribution is -2.35. The van der Waals surface area contributed by atoms with E-state index in [0.717, 1.165) is 4.31 Å². The van der Waals surface area contributed by atoms with E-state index in [1.54, 1.807) is 48.7 Å². The molecular formula is C20H19N3O4S. The standard InChI is InChI=1S/C20H19N3O4S/c1-14(24)15-6-8-17(9-7-15)22-20(25)13-23(2)28(26,27)19-5-3-4-16-12-21-11-10-18(16)19/h3-12H,13H2,1-2H3,(H,22,25). The van der Waals surface area contributed by atoms with Crippen LogP contribution in [0.1, 0.15) is 17.3 Å². The fourth-order valence-electron chi connectivity index (χ4n) is 2.76. The van der Waals surface area contributed by atoms with Crippen molar-refractivity contribution in [1.29, 1.82) is 0 Å². The monoisotopic (exact) mass is 397 g/mol. The van der Waals surface area contributed by atoms with Crippen molar-refractivity contribution in [2.75, 3.05) is 18.9 Å². The predicted octanol–water partition coefficient (Wildman–Crippen LogP) is 2.70. The van der Waals surface area contributed by atoms with E-state index in [1.807, 2.05) is 0 Å². The van der Waals surface area contributed by atoms with Crippen LogP contribution >= 0.6 is 0 Å². The number of fused-ring (bicyclic) bond motifs is 1. The number of rotatable bonds is 6. The molecule has 0 bridgehead atoms. The van der Waals surface area contributed by atoms with E-state index in [4.69, 9.17) is 0 Å². The van der Waals surface area contributed by atoms with E-state index in [2.05, 4.69) is 10.3 Å². The van der Waals surface area contributed by atoms with Gasteiger partial charge in [-0.1, -0.05) is 12.1 Å². The molecule has 28 heavy (non-hydrogen) atoms. The third-order valence-electron chi connectivity index (χ3n) is 4.27. The van der Waals surface area contributed by atoms with Gasteiger partial charge in [0.05, 0.1) is 11.4 Å². The zero-order valence-electron chi connectivity index (χ0n) is 15.4. The summed E-state index contributed by atoms with van der Waals surface area (Å²) in [6.07, 6.45) is 3.12. The van der Waals surface area contributed by atoms with Crippen LogP contribution in [0.4, 0.5) is 5.69 Å². The lowest BCUT2D eigenvalue weighted by molar-refractivity contribution is -0.116. The number of hydrogen-bond acceptors (Lipinski definition) is 5. The lowest BCUT2D eigenvalue weighted by atomic mass is 10.1. The number of hydrogen-bond donors (Lipinski definition) is 1. The summed E-state index contributed by atoms with van der Waals surface area (Å²) in [5.41, 5.74) is 1.01. The number of carbonyl (C=O) groups is 2. The maximum atomic E-state index is 12.9. The molecule has 0 aliphatic rings. The molecule has 3 aromatic rings. The van der Waals surface area contributed by atoms with Crippen LogP contribution in [0.5, 0.6) is 0 Å². The lowest BCUT2D eigenvalue weighted by Gasteiger charge is -2.18. The summed E-state index contributed by atoms with van der Waals surface area (Å²) >= 11 is 0. The molecule has 0 unspecified atom stereocenters. The van der Waals surface area contributed by atoms with E-state index >= 15 is 0 Å². The van der Waals surface area contributed by atoms with Gasteiger partial charge in [-0.05, 0) is 43.3 Å². The molecule has 1 N–H and O–H groups in total. The number of benzene rings is 2. The molecule has 0 radical (unpaired) electrons. The van der Waals surface area contributed by atoms with E-state index in [-0.39, 0.29) is 17.2 Å². The minimum Gasteiger partial charge on any atom is -0.325 e. The Morgan fingerprint density at radius 2 is 1.79 bits per heavy atom. The molecule has 0 aliphatic heterocycles. The van der Waals surface area contributed by atoms with E-state index in [1.165, 1.54) is 26.2 Å². The zero-order valence-corrected chi connectivity index (χ0v) is 16.2. The van der Waals surface area contributed by atoms with Gasteiger partial charge >= 0.3 is 0 Å². The van der Waals surface area contributed by atoms with Crippen molar-refractivity contribution >= 4 is 38.2 Å². The van der Waals surface area contributed by atoms with E-state index in [0.29, 0.717) is 22.0 Å². The van der Waals surface area contributed by atoms with Gasteiger partial charge < -0.3 is 5.32 Å². The number of ketones is 1. The summed E-state index contributed by atoms with van der Waals surface area (Å²) in [6.45, 7) is 1.11.